The molecule has 2 N–H and O–H groups in total. The molecule has 0 radical (unpaired) electrons. The second kappa shape index (κ2) is 7.36. The monoisotopic (exact) mass is 347 g/mol. The van der Waals surface area contributed by atoms with Gasteiger partial charge in [0.15, 0.2) is 0 Å². The van der Waals surface area contributed by atoms with E-state index in [1.54, 1.807) is 48.5 Å². The number of ether oxygens (including phenoxy) is 1. The minimum absolute atomic E-state index is 0.220. The number of halogens is 1. The lowest BCUT2D eigenvalue weighted by molar-refractivity contribution is -0.145. The van der Waals surface area contributed by atoms with Crippen molar-refractivity contribution in [2.24, 2.45) is 0 Å². The van der Waals surface area contributed by atoms with Crippen molar-refractivity contribution in [1.29, 1.82) is 0 Å². The number of aliphatic carboxylic acids is 1. The van der Waals surface area contributed by atoms with Gasteiger partial charge in [0.1, 0.15) is 5.75 Å². The maximum Gasteiger partial charge on any atom is 0.314 e. The first-order chi connectivity index (χ1) is 11.4. The largest absolute Gasteiger partial charge is 0.495 e. The second-order valence-electron chi connectivity index (χ2n) is 5.57. The average Bonchev–Trinajstić information content (AvgIpc) is 2.55. The standard InChI is InChI=1S/C18H18ClNO4/c1-18(17(22)23,12-6-4-3-5-7-12)11-16(21)20-14-10-13(19)8-9-15(14)24-2/h3-10H,11H2,1-2H3,(H,20,21)(H,22,23)/t18-/m1/s1. The molecule has 2 rings (SSSR count). The van der Waals surface area contributed by atoms with Crippen molar-refractivity contribution < 1.29 is 19.4 Å². The number of methoxy groups -OCH3 is 1. The molecule has 2 aromatic carbocycles. The molecule has 0 saturated carbocycles. The zero-order valence-corrected chi connectivity index (χ0v) is 14.1. The van der Waals surface area contributed by atoms with Gasteiger partial charge in [0, 0.05) is 11.4 Å². The smallest absolute Gasteiger partial charge is 0.314 e. The number of nitrogens with one attached hydrogen (secondary N) is 1. The normalized spacial score (nSPS) is 13.0. The van der Waals surface area contributed by atoms with E-state index in [1.165, 1.54) is 14.0 Å². The highest BCUT2D eigenvalue weighted by atomic mass is 35.5. The molecule has 1 atom stereocenters. The molecular formula is C18H18ClNO4. The van der Waals surface area contributed by atoms with Crippen molar-refractivity contribution in [3.63, 3.8) is 0 Å². The number of anilines is 1. The summed E-state index contributed by atoms with van der Waals surface area (Å²) in [5, 5.41) is 12.7. The van der Waals surface area contributed by atoms with E-state index in [0.29, 0.717) is 22.0 Å². The summed E-state index contributed by atoms with van der Waals surface area (Å²) in [6, 6.07) is 13.5. The van der Waals surface area contributed by atoms with Gasteiger partial charge in [-0.15, -0.1) is 0 Å². The van der Waals surface area contributed by atoms with Crippen molar-refractivity contribution in [3.8, 4) is 5.75 Å². The fourth-order valence-corrected chi connectivity index (χ4v) is 2.57. The molecule has 0 fully saturated rings. The Hall–Kier alpha value is -2.53. The molecule has 0 spiro atoms. The van der Waals surface area contributed by atoms with Crippen LogP contribution in [0, 0.1) is 0 Å². The third kappa shape index (κ3) is 3.86. The zero-order chi connectivity index (χ0) is 17.7. The summed E-state index contributed by atoms with van der Waals surface area (Å²) >= 11 is 5.94. The van der Waals surface area contributed by atoms with Crippen LogP contribution in [-0.2, 0) is 15.0 Å². The van der Waals surface area contributed by atoms with E-state index in [1.807, 2.05) is 0 Å². The van der Waals surface area contributed by atoms with Gasteiger partial charge in [-0.3, -0.25) is 9.59 Å². The number of hydrogen-bond donors (Lipinski definition) is 2. The molecule has 2 aromatic rings. The fraction of sp³-hybridized carbons (Fsp3) is 0.222. The Balaban J connectivity index is 2.24. The van der Waals surface area contributed by atoms with Crippen LogP contribution in [0.15, 0.2) is 48.5 Å². The summed E-state index contributed by atoms with van der Waals surface area (Å²) < 4.78 is 5.17. The van der Waals surface area contributed by atoms with Gasteiger partial charge in [-0.2, -0.15) is 0 Å². The van der Waals surface area contributed by atoms with Crippen LogP contribution in [-0.4, -0.2) is 24.1 Å². The molecule has 0 unspecified atom stereocenters. The molecule has 0 saturated heterocycles. The maximum atomic E-state index is 12.4. The van der Waals surface area contributed by atoms with Crippen LogP contribution in [0.1, 0.15) is 18.9 Å². The molecule has 24 heavy (non-hydrogen) atoms. The van der Waals surface area contributed by atoms with Crippen LogP contribution >= 0.6 is 11.6 Å². The van der Waals surface area contributed by atoms with Gasteiger partial charge in [0.05, 0.1) is 18.2 Å². The number of carbonyl (C=O) groups excluding carboxylic acids is 1. The summed E-state index contributed by atoms with van der Waals surface area (Å²) in [6.07, 6.45) is -0.220. The summed E-state index contributed by atoms with van der Waals surface area (Å²) in [5.74, 6) is -1.06. The molecule has 0 heterocycles. The van der Waals surface area contributed by atoms with Crippen molar-refractivity contribution in [3.05, 3.63) is 59.1 Å². The van der Waals surface area contributed by atoms with Gasteiger partial charge < -0.3 is 15.2 Å². The Morgan fingerprint density at radius 1 is 1.21 bits per heavy atom. The van der Waals surface area contributed by atoms with Crippen molar-refractivity contribution in [2.45, 2.75) is 18.8 Å². The zero-order valence-electron chi connectivity index (χ0n) is 13.4. The van der Waals surface area contributed by atoms with Gasteiger partial charge in [-0.1, -0.05) is 41.9 Å². The molecule has 0 bridgehead atoms. The highest BCUT2D eigenvalue weighted by Crippen LogP contribution is 2.31. The summed E-state index contributed by atoms with van der Waals surface area (Å²) in [6.45, 7) is 1.53. The first-order valence-electron chi connectivity index (χ1n) is 7.29. The SMILES string of the molecule is COc1ccc(Cl)cc1NC(=O)C[C@@](C)(C(=O)O)c1ccccc1. The lowest BCUT2D eigenvalue weighted by Gasteiger charge is -2.25. The molecular weight excluding hydrogens is 330 g/mol. The van der Waals surface area contributed by atoms with Gasteiger partial charge in [0.2, 0.25) is 5.91 Å². The van der Waals surface area contributed by atoms with E-state index in [0.717, 1.165) is 0 Å². The van der Waals surface area contributed by atoms with E-state index >= 15 is 0 Å². The van der Waals surface area contributed by atoms with E-state index in [4.69, 9.17) is 16.3 Å². The van der Waals surface area contributed by atoms with Gasteiger partial charge in [-0.05, 0) is 30.7 Å². The number of hydrogen-bond acceptors (Lipinski definition) is 3. The van der Waals surface area contributed by atoms with Gasteiger partial charge >= 0.3 is 5.97 Å². The highest BCUT2D eigenvalue weighted by Gasteiger charge is 2.37. The molecule has 1 amide bonds. The second-order valence-corrected chi connectivity index (χ2v) is 6.01. The molecule has 0 aromatic heterocycles. The topological polar surface area (TPSA) is 75.6 Å². The molecule has 126 valence electrons. The highest BCUT2D eigenvalue weighted by molar-refractivity contribution is 6.31. The average molecular weight is 348 g/mol. The van der Waals surface area contributed by atoms with E-state index < -0.39 is 17.3 Å². The Labute approximate surface area is 145 Å². The summed E-state index contributed by atoms with van der Waals surface area (Å²) in [5.41, 5.74) is -0.376. The predicted molar refractivity (Wildman–Crippen MR) is 92.7 cm³/mol. The van der Waals surface area contributed by atoms with Crippen LogP contribution in [0.4, 0.5) is 5.69 Å². The number of carbonyl (C=O) groups is 2. The Morgan fingerprint density at radius 3 is 2.46 bits per heavy atom. The maximum absolute atomic E-state index is 12.4. The minimum Gasteiger partial charge on any atom is -0.495 e. The number of amides is 1. The molecule has 0 aliphatic carbocycles. The van der Waals surface area contributed by atoms with Crippen LogP contribution < -0.4 is 10.1 Å². The minimum atomic E-state index is -1.34. The van der Waals surface area contributed by atoms with Gasteiger partial charge in [0.25, 0.3) is 0 Å². The quantitative estimate of drug-likeness (QED) is 0.835. The number of carboxylic acids is 1. The van der Waals surface area contributed by atoms with E-state index in [-0.39, 0.29) is 6.42 Å². The fourth-order valence-electron chi connectivity index (χ4n) is 2.40. The van der Waals surface area contributed by atoms with Crippen molar-refractivity contribution in [2.75, 3.05) is 12.4 Å². The third-order valence-corrected chi connectivity index (χ3v) is 4.07. The summed E-state index contributed by atoms with van der Waals surface area (Å²) in [7, 11) is 1.48. The van der Waals surface area contributed by atoms with Crippen molar-refractivity contribution >= 4 is 29.2 Å². The van der Waals surface area contributed by atoms with Gasteiger partial charge in [-0.25, -0.2) is 0 Å². The molecule has 5 nitrogen and oxygen atoms in total. The molecule has 0 aliphatic rings. The Bertz CT molecular complexity index is 748. The number of carboxylic acid groups (broad SMARTS) is 1. The van der Waals surface area contributed by atoms with Crippen molar-refractivity contribution in [1.82, 2.24) is 0 Å². The molecule has 0 aliphatic heterocycles. The number of benzene rings is 2. The predicted octanol–water partition coefficient (Wildman–Crippen LogP) is 3.72. The first-order valence-corrected chi connectivity index (χ1v) is 7.67. The van der Waals surface area contributed by atoms with Crippen LogP contribution in [0.25, 0.3) is 0 Å². The Kier molecular flexibility index (Phi) is 5.46. The molecule has 6 heteroatoms. The lowest BCUT2D eigenvalue weighted by Crippen LogP contribution is -2.36. The van der Waals surface area contributed by atoms with E-state index in [9.17, 15) is 14.7 Å². The summed E-state index contributed by atoms with van der Waals surface area (Å²) in [4.78, 5) is 24.2. The lowest BCUT2D eigenvalue weighted by atomic mass is 9.79. The van der Waals surface area contributed by atoms with E-state index in [2.05, 4.69) is 5.32 Å². The van der Waals surface area contributed by atoms with Crippen LogP contribution in [0.5, 0.6) is 5.75 Å². The van der Waals surface area contributed by atoms with Crippen LogP contribution in [0.3, 0.4) is 0 Å². The third-order valence-electron chi connectivity index (χ3n) is 3.83. The Morgan fingerprint density at radius 2 is 1.88 bits per heavy atom. The number of rotatable bonds is 6. The first kappa shape index (κ1) is 17.8. The van der Waals surface area contributed by atoms with Crippen LogP contribution in [0.2, 0.25) is 5.02 Å².